The summed E-state index contributed by atoms with van der Waals surface area (Å²) in [6, 6.07) is 5.81. The highest BCUT2D eigenvalue weighted by atomic mass is 16.6. The van der Waals surface area contributed by atoms with Gasteiger partial charge in [0.25, 0.3) is 0 Å². The van der Waals surface area contributed by atoms with Crippen molar-refractivity contribution in [2.45, 2.75) is 13.8 Å². The SMILES string of the molecule is COCCOCCOCCOCCOCCOCCOCCOC(=O)Nc1cc(C)cc(C)c1. The van der Waals surface area contributed by atoms with E-state index in [1.807, 2.05) is 32.0 Å². The molecule has 10 heteroatoms. The number of amides is 1. The van der Waals surface area contributed by atoms with Crippen molar-refractivity contribution in [3.8, 4) is 0 Å². The number of hydrogen-bond acceptors (Lipinski definition) is 9. The maximum absolute atomic E-state index is 11.8. The molecule has 0 aromatic heterocycles. The molecular weight excluding hydrogens is 446 g/mol. The number of carbonyl (C=O) groups excluding carboxylic acids is 1. The van der Waals surface area contributed by atoms with E-state index < -0.39 is 6.09 Å². The van der Waals surface area contributed by atoms with Crippen molar-refractivity contribution < 1.29 is 42.7 Å². The monoisotopic (exact) mass is 487 g/mol. The fourth-order valence-electron chi connectivity index (χ4n) is 2.74. The molecule has 196 valence electrons. The molecule has 1 aromatic rings. The lowest BCUT2D eigenvalue weighted by atomic mass is 10.1. The number of aryl methyl sites for hydroxylation is 2. The van der Waals surface area contributed by atoms with Crippen molar-refractivity contribution in [3.05, 3.63) is 29.3 Å². The first kappa shape index (κ1) is 30.2. The smallest absolute Gasteiger partial charge is 0.411 e. The number of ether oxygens (including phenoxy) is 8. The third kappa shape index (κ3) is 18.6. The van der Waals surface area contributed by atoms with Crippen LogP contribution in [0.1, 0.15) is 11.1 Å². The minimum absolute atomic E-state index is 0.174. The van der Waals surface area contributed by atoms with E-state index in [0.717, 1.165) is 16.8 Å². The van der Waals surface area contributed by atoms with Gasteiger partial charge in [-0.15, -0.1) is 0 Å². The Kier molecular flexibility index (Phi) is 19.3. The Bertz CT molecular complexity index is 610. The number of rotatable bonds is 22. The number of methoxy groups -OCH3 is 1. The lowest BCUT2D eigenvalue weighted by Gasteiger charge is -2.09. The number of anilines is 1. The first-order valence-corrected chi connectivity index (χ1v) is 11.6. The van der Waals surface area contributed by atoms with Crippen LogP contribution in [0.4, 0.5) is 10.5 Å². The molecule has 34 heavy (non-hydrogen) atoms. The van der Waals surface area contributed by atoms with Gasteiger partial charge in [0.05, 0.1) is 85.9 Å². The fraction of sp³-hybridized carbons (Fsp3) is 0.708. The van der Waals surface area contributed by atoms with Crippen LogP contribution in [0.25, 0.3) is 0 Å². The second kappa shape index (κ2) is 21.7. The standard InChI is InChI=1S/C24H41NO9/c1-21-18-22(2)20-23(19-21)25-24(26)34-17-16-33-15-14-32-13-12-31-11-10-30-9-8-29-7-6-28-5-4-27-3/h18-20H,4-17H2,1-3H3,(H,25,26). The summed E-state index contributed by atoms with van der Waals surface area (Å²) in [5.74, 6) is 0. The lowest BCUT2D eigenvalue weighted by Crippen LogP contribution is -2.18. The normalized spacial score (nSPS) is 11.0. The second-order valence-corrected chi connectivity index (χ2v) is 7.30. The van der Waals surface area contributed by atoms with Crippen molar-refractivity contribution in [3.63, 3.8) is 0 Å². The van der Waals surface area contributed by atoms with Gasteiger partial charge in [-0.3, -0.25) is 5.32 Å². The zero-order chi connectivity index (χ0) is 24.7. The van der Waals surface area contributed by atoms with Crippen LogP contribution in [0.3, 0.4) is 0 Å². The molecule has 0 saturated heterocycles. The van der Waals surface area contributed by atoms with E-state index in [-0.39, 0.29) is 6.61 Å². The number of benzene rings is 1. The van der Waals surface area contributed by atoms with Crippen LogP contribution in [0.2, 0.25) is 0 Å². The highest BCUT2D eigenvalue weighted by Gasteiger charge is 2.04. The van der Waals surface area contributed by atoms with E-state index in [2.05, 4.69) is 5.32 Å². The van der Waals surface area contributed by atoms with Gasteiger partial charge in [0.2, 0.25) is 0 Å². The molecule has 0 heterocycles. The van der Waals surface area contributed by atoms with E-state index in [1.165, 1.54) is 0 Å². The van der Waals surface area contributed by atoms with Gasteiger partial charge in [-0.2, -0.15) is 0 Å². The van der Waals surface area contributed by atoms with Crippen LogP contribution in [0.5, 0.6) is 0 Å². The summed E-state index contributed by atoms with van der Waals surface area (Å²) in [5, 5.41) is 2.71. The van der Waals surface area contributed by atoms with Gasteiger partial charge in [0.15, 0.2) is 0 Å². The lowest BCUT2D eigenvalue weighted by molar-refractivity contribution is -0.0204. The summed E-state index contributed by atoms with van der Waals surface area (Å²) in [6.45, 7) is 10.6. The molecule has 0 radical (unpaired) electrons. The molecule has 0 unspecified atom stereocenters. The first-order valence-electron chi connectivity index (χ1n) is 11.6. The molecule has 1 N–H and O–H groups in total. The largest absolute Gasteiger partial charge is 0.447 e. The molecule has 0 aliphatic rings. The van der Waals surface area contributed by atoms with Crippen molar-refractivity contribution >= 4 is 11.8 Å². The summed E-state index contributed by atoms with van der Waals surface area (Å²) in [7, 11) is 1.64. The Labute approximate surface area is 203 Å². The first-order chi connectivity index (χ1) is 16.6. The van der Waals surface area contributed by atoms with Gasteiger partial charge >= 0.3 is 6.09 Å². The molecule has 0 bridgehead atoms. The summed E-state index contributed by atoms with van der Waals surface area (Å²) >= 11 is 0. The van der Waals surface area contributed by atoms with Gasteiger partial charge in [0, 0.05) is 12.8 Å². The van der Waals surface area contributed by atoms with Gasteiger partial charge in [-0.1, -0.05) is 6.07 Å². The minimum atomic E-state index is -0.498. The van der Waals surface area contributed by atoms with Crippen LogP contribution < -0.4 is 5.32 Å². The maximum atomic E-state index is 11.8. The van der Waals surface area contributed by atoms with Crippen LogP contribution >= 0.6 is 0 Å². The van der Waals surface area contributed by atoms with Crippen molar-refractivity contribution in [1.82, 2.24) is 0 Å². The molecule has 0 aliphatic carbocycles. The number of carbonyl (C=O) groups is 1. The Morgan fingerprint density at radius 1 is 0.588 bits per heavy atom. The third-order valence-electron chi connectivity index (χ3n) is 4.22. The zero-order valence-corrected chi connectivity index (χ0v) is 20.8. The molecule has 1 rings (SSSR count). The Balaban J connectivity index is 1.77. The molecule has 1 aromatic carbocycles. The van der Waals surface area contributed by atoms with Crippen LogP contribution in [-0.4, -0.2) is 106 Å². The highest BCUT2D eigenvalue weighted by molar-refractivity contribution is 5.84. The van der Waals surface area contributed by atoms with Gasteiger partial charge in [-0.05, 0) is 37.1 Å². The molecule has 0 spiro atoms. The van der Waals surface area contributed by atoms with Gasteiger partial charge < -0.3 is 37.9 Å². The van der Waals surface area contributed by atoms with Gasteiger partial charge in [0.1, 0.15) is 6.61 Å². The summed E-state index contributed by atoms with van der Waals surface area (Å²) in [4.78, 5) is 11.8. The van der Waals surface area contributed by atoms with Crippen molar-refractivity contribution in [2.24, 2.45) is 0 Å². The highest BCUT2D eigenvalue weighted by Crippen LogP contribution is 2.13. The summed E-state index contributed by atoms with van der Waals surface area (Å²) in [6.07, 6.45) is -0.498. The Hall–Kier alpha value is -1.79. The summed E-state index contributed by atoms with van der Waals surface area (Å²) in [5.41, 5.74) is 2.87. The molecule has 0 fully saturated rings. The van der Waals surface area contributed by atoms with Crippen LogP contribution in [-0.2, 0) is 37.9 Å². The van der Waals surface area contributed by atoms with Crippen LogP contribution in [0.15, 0.2) is 18.2 Å². The van der Waals surface area contributed by atoms with Gasteiger partial charge in [-0.25, -0.2) is 4.79 Å². The molecule has 0 saturated carbocycles. The molecule has 0 aliphatic heterocycles. The Morgan fingerprint density at radius 3 is 1.32 bits per heavy atom. The fourth-order valence-corrected chi connectivity index (χ4v) is 2.74. The summed E-state index contributed by atoms with van der Waals surface area (Å²) < 4.78 is 42.3. The predicted molar refractivity (Wildman–Crippen MR) is 128 cm³/mol. The zero-order valence-electron chi connectivity index (χ0n) is 20.8. The maximum Gasteiger partial charge on any atom is 0.411 e. The Morgan fingerprint density at radius 2 is 0.941 bits per heavy atom. The average Bonchev–Trinajstić information content (AvgIpc) is 2.79. The van der Waals surface area contributed by atoms with E-state index in [4.69, 9.17) is 37.9 Å². The molecular formula is C24H41NO9. The van der Waals surface area contributed by atoms with E-state index in [0.29, 0.717) is 85.9 Å². The second-order valence-electron chi connectivity index (χ2n) is 7.30. The van der Waals surface area contributed by atoms with Crippen molar-refractivity contribution in [2.75, 3.05) is 105 Å². The molecule has 0 atom stereocenters. The van der Waals surface area contributed by atoms with E-state index in [1.54, 1.807) is 7.11 Å². The third-order valence-corrected chi connectivity index (χ3v) is 4.22. The van der Waals surface area contributed by atoms with Crippen molar-refractivity contribution in [1.29, 1.82) is 0 Å². The average molecular weight is 488 g/mol. The predicted octanol–water partition coefficient (Wildman–Crippen LogP) is 2.60. The van der Waals surface area contributed by atoms with E-state index in [9.17, 15) is 4.79 Å². The number of hydrogen-bond donors (Lipinski definition) is 1. The topological polar surface area (TPSA) is 103 Å². The quantitative estimate of drug-likeness (QED) is 0.247. The minimum Gasteiger partial charge on any atom is -0.447 e. The van der Waals surface area contributed by atoms with E-state index >= 15 is 0 Å². The van der Waals surface area contributed by atoms with Crippen LogP contribution in [0, 0.1) is 13.8 Å². The molecule has 10 nitrogen and oxygen atoms in total. The molecule has 1 amide bonds. The number of nitrogens with one attached hydrogen (secondary N) is 1.